The van der Waals surface area contributed by atoms with E-state index in [-0.39, 0.29) is 18.0 Å². The van der Waals surface area contributed by atoms with Gasteiger partial charge in [-0.2, -0.15) is 0 Å². The Bertz CT molecular complexity index is 719. The number of amides is 1. The molecule has 0 aliphatic carbocycles. The molecule has 1 atom stereocenters. The van der Waals surface area contributed by atoms with Gasteiger partial charge in [0.1, 0.15) is 11.6 Å². The molecule has 0 unspecified atom stereocenters. The van der Waals surface area contributed by atoms with Crippen LogP contribution >= 0.6 is 0 Å². The molecule has 2 aromatic rings. The van der Waals surface area contributed by atoms with Crippen LogP contribution in [-0.4, -0.2) is 18.5 Å². The van der Waals surface area contributed by atoms with Crippen LogP contribution in [0.2, 0.25) is 0 Å². The molecule has 0 heterocycles. The van der Waals surface area contributed by atoms with Gasteiger partial charge in [0.15, 0.2) is 6.61 Å². The Morgan fingerprint density at radius 1 is 1.12 bits per heavy atom. The highest BCUT2D eigenvalue weighted by Gasteiger charge is 2.14. The molecule has 0 aromatic heterocycles. The standard InChI is InChI=1S/C18H17F2NO3/c1-12(13-5-3-2-4-6-13)9-18(23)24-11-17(22)21-16-8-7-14(19)10-15(16)20/h2-8,10,12H,9,11H2,1H3,(H,21,22)/t12-/m1/s1. The Hall–Kier alpha value is -2.76. The van der Waals surface area contributed by atoms with Crippen LogP contribution in [0.3, 0.4) is 0 Å². The van der Waals surface area contributed by atoms with Crippen molar-refractivity contribution in [3.63, 3.8) is 0 Å². The van der Waals surface area contributed by atoms with Gasteiger partial charge in [-0.25, -0.2) is 8.78 Å². The zero-order chi connectivity index (χ0) is 17.5. The first-order valence-electron chi connectivity index (χ1n) is 7.41. The second-order valence-corrected chi connectivity index (χ2v) is 5.35. The summed E-state index contributed by atoms with van der Waals surface area (Å²) in [6.07, 6.45) is 0.127. The Morgan fingerprint density at radius 3 is 2.50 bits per heavy atom. The molecule has 0 bridgehead atoms. The summed E-state index contributed by atoms with van der Waals surface area (Å²) in [6.45, 7) is 1.35. The number of carbonyl (C=O) groups is 2. The molecule has 0 aliphatic rings. The summed E-state index contributed by atoms with van der Waals surface area (Å²) in [7, 11) is 0. The molecular formula is C18H17F2NO3. The number of rotatable bonds is 6. The minimum atomic E-state index is -0.896. The lowest BCUT2D eigenvalue weighted by atomic mass is 9.98. The number of esters is 1. The molecule has 0 spiro atoms. The summed E-state index contributed by atoms with van der Waals surface area (Å²) in [5.41, 5.74) is 0.822. The van der Waals surface area contributed by atoms with E-state index in [0.29, 0.717) is 6.07 Å². The van der Waals surface area contributed by atoms with Gasteiger partial charge in [-0.15, -0.1) is 0 Å². The van der Waals surface area contributed by atoms with Crippen LogP contribution in [0.4, 0.5) is 14.5 Å². The van der Waals surface area contributed by atoms with E-state index in [0.717, 1.165) is 17.7 Å². The molecule has 1 amide bonds. The maximum atomic E-state index is 13.4. The van der Waals surface area contributed by atoms with Crippen molar-refractivity contribution < 1.29 is 23.1 Å². The maximum absolute atomic E-state index is 13.4. The van der Waals surface area contributed by atoms with Crippen molar-refractivity contribution in [1.29, 1.82) is 0 Å². The Balaban J connectivity index is 1.80. The Kier molecular flexibility index (Phi) is 6.01. The van der Waals surface area contributed by atoms with Crippen LogP contribution in [0.15, 0.2) is 48.5 Å². The van der Waals surface area contributed by atoms with Gasteiger partial charge in [-0.05, 0) is 23.6 Å². The fourth-order valence-electron chi connectivity index (χ4n) is 2.13. The maximum Gasteiger partial charge on any atom is 0.306 e. The molecule has 0 aliphatic heterocycles. The van der Waals surface area contributed by atoms with Crippen molar-refractivity contribution in [2.45, 2.75) is 19.3 Å². The highest BCUT2D eigenvalue weighted by molar-refractivity contribution is 5.92. The van der Waals surface area contributed by atoms with Crippen molar-refractivity contribution in [2.24, 2.45) is 0 Å². The predicted molar refractivity (Wildman–Crippen MR) is 85.4 cm³/mol. The van der Waals surface area contributed by atoms with Crippen molar-refractivity contribution in [3.8, 4) is 0 Å². The third-order valence-electron chi connectivity index (χ3n) is 3.41. The van der Waals surface area contributed by atoms with Crippen LogP contribution in [-0.2, 0) is 14.3 Å². The number of hydrogen-bond donors (Lipinski definition) is 1. The van der Waals surface area contributed by atoms with Crippen LogP contribution in [0.25, 0.3) is 0 Å². The summed E-state index contributed by atoms with van der Waals surface area (Å²) >= 11 is 0. The zero-order valence-corrected chi connectivity index (χ0v) is 13.1. The van der Waals surface area contributed by atoms with Crippen molar-refractivity contribution in [2.75, 3.05) is 11.9 Å². The van der Waals surface area contributed by atoms with Gasteiger partial charge in [0.2, 0.25) is 0 Å². The SMILES string of the molecule is C[C@H](CC(=O)OCC(=O)Nc1ccc(F)cc1F)c1ccccc1. The number of ether oxygens (including phenoxy) is 1. The highest BCUT2D eigenvalue weighted by atomic mass is 19.1. The molecule has 0 radical (unpaired) electrons. The van der Waals surface area contributed by atoms with E-state index in [1.165, 1.54) is 0 Å². The molecule has 0 saturated carbocycles. The topological polar surface area (TPSA) is 55.4 Å². The van der Waals surface area contributed by atoms with E-state index in [9.17, 15) is 18.4 Å². The largest absolute Gasteiger partial charge is 0.456 e. The lowest BCUT2D eigenvalue weighted by Crippen LogP contribution is -2.22. The van der Waals surface area contributed by atoms with Crippen LogP contribution < -0.4 is 5.32 Å². The van der Waals surface area contributed by atoms with E-state index in [4.69, 9.17) is 4.74 Å². The van der Waals surface area contributed by atoms with Crippen molar-refractivity contribution >= 4 is 17.6 Å². The minimum absolute atomic E-state index is 0.0451. The Labute approximate surface area is 138 Å². The lowest BCUT2D eigenvalue weighted by molar-refractivity contribution is -0.147. The van der Waals surface area contributed by atoms with E-state index in [1.54, 1.807) is 0 Å². The Morgan fingerprint density at radius 2 is 1.83 bits per heavy atom. The number of benzene rings is 2. The zero-order valence-electron chi connectivity index (χ0n) is 13.1. The van der Waals surface area contributed by atoms with Crippen LogP contribution in [0, 0.1) is 11.6 Å². The fraction of sp³-hybridized carbons (Fsp3) is 0.222. The number of hydrogen-bond acceptors (Lipinski definition) is 3. The summed E-state index contributed by atoms with van der Waals surface area (Å²) < 4.78 is 31.1. The first-order chi connectivity index (χ1) is 11.5. The average molecular weight is 333 g/mol. The predicted octanol–water partition coefficient (Wildman–Crippen LogP) is 3.64. The van der Waals surface area contributed by atoms with Crippen LogP contribution in [0.1, 0.15) is 24.8 Å². The molecule has 24 heavy (non-hydrogen) atoms. The summed E-state index contributed by atoms with van der Waals surface area (Å²) in [5, 5.41) is 2.22. The fourth-order valence-corrected chi connectivity index (χ4v) is 2.13. The molecule has 2 aromatic carbocycles. The first-order valence-corrected chi connectivity index (χ1v) is 7.41. The average Bonchev–Trinajstić information content (AvgIpc) is 2.56. The molecule has 126 valence electrons. The smallest absolute Gasteiger partial charge is 0.306 e. The van der Waals surface area contributed by atoms with Gasteiger partial charge >= 0.3 is 5.97 Å². The quantitative estimate of drug-likeness (QED) is 0.821. The molecule has 2 rings (SSSR count). The third-order valence-corrected chi connectivity index (χ3v) is 3.41. The van der Waals surface area contributed by atoms with Gasteiger partial charge in [0.05, 0.1) is 12.1 Å². The van der Waals surface area contributed by atoms with E-state index < -0.39 is 30.1 Å². The normalized spacial score (nSPS) is 11.6. The van der Waals surface area contributed by atoms with E-state index >= 15 is 0 Å². The molecule has 4 nitrogen and oxygen atoms in total. The summed E-state index contributed by atoms with van der Waals surface area (Å²) in [4.78, 5) is 23.4. The molecule has 6 heteroatoms. The number of anilines is 1. The third kappa shape index (κ3) is 5.15. The second kappa shape index (κ2) is 8.19. The first kappa shape index (κ1) is 17.6. The molecule has 0 fully saturated rings. The van der Waals surface area contributed by atoms with Crippen molar-refractivity contribution in [3.05, 3.63) is 65.7 Å². The number of halogens is 2. The molecular weight excluding hydrogens is 316 g/mol. The summed E-state index contributed by atoms with van der Waals surface area (Å²) in [6, 6.07) is 12.2. The minimum Gasteiger partial charge on any atom is -0.456 e. The van der Waals surface area contributed by atoms with Gasteiger partial charge in [0, 0.05) is 6.07 Å². The highest BCUT2D eigenvalue weighted by Crippen LogP contribution is 2.19. The van der Waals surface area contributed by atoms with Gasteiger partial charge in [-0.1, -0.05) is 37.3 Å². The van der Waals surface area contributed by atoms with E-state index in [2.05, 4.69) is 5.32 Å². The van der Waals surface area contributed by atoms with E-state index in [1.807, 2.05) is 37.3 Å². The van der Waals surface area contributed by atoms with Crippen LogP contribution in [0.5, 0.6) is 0 Å². The lowest BCUT2D eigenvalue weighted by Gasteiger charge is -2.11. The number of nitrogens with one attached hydrogen (secondary N) is 1. The second-order valence-electron chi connectivity index (χ2n) is 5.35. The van der Waals surface area contributed by atoms with Gasteiger partial charge in [-0.3, -0.25) is 9.59 Å². The van der Waals surface area contributed by atoms with Gasteiger partial charge in [0.25, 0.3) is 5.91 Å². The molecule has 0 saturated heterocycles. The summed E-state index contributed by atoms with van der Waals surface area (Å²) in [5.74, 6) is -2.90. The van der Waals surface area contributed by atoms with Crippen molar-refractivity contribution in [1.82, 2.24) is 0 Å². The molecule has 1 N–H and O–H groups in total. The monoisotopic (exact) mass is 333 g/mol. The number of carbonyl (C=O) groups excluding carboxylic acids is 2. The van der Waals surface area contributed by atoms with Gasteiger partial charge < -0.3 is 10.1 Å².